The van der Waals surface area contributed by atoms with E-state index in [0.29, 0.717) is 5.92 Å². The third kappa shape index (κ3) is 4.86. The van der Waals surface area contributed by atoms with E-state index < -0.39 is 0 Å². The van der Waals surface area contributed by atoms with E-state index in [0.717, 1.165) is 6.42 Å². The fraction of sp³-hybridized carbons (Fsp3) is 0.294. The van der Waals surface area contributed by atoms with Crippen molar-refractivity contribution in [3.8, 4) is 0 Å². The van der Waals surface area contributed by atoms with Gasteiger partial charge in [-0.25, -0.2) is 0 Å². The largest absolute Gasteiger partial charge is 0.0877 e. The van der Waals surface area contributed by atoms with Crippen molar-refractivity contribution in [2.45, 2.75) is 27.2 Å². The number of allylic oxidation sites excluding steroid dienone is 12. The van der Waals surface area contributed by atoms with Crippen LogP contribution in [0, 0.1) is 5.92 Å². The van der Waals surface area contributed by atoms with Crippen LogP contribution in [0.25, 0.3) is 0 Å². The summed E-state index contributed by atoms with van der Waals surface area (Å²) in [5, 5.41) is 0. The molecule has 0 aromatic rings. The molecule has 0 aromatic carbocycles. The maximum atomic E-state index is 2.31. The van der Waals surface area contributed by atoms with Gasteiger partial charge >= 0.3 is 0 Å². The predicted octanol–water partition coefficient (Wildman–Crippen LogP) is 5.14. The molecule has 0 fully saturated rings. The smallest absolute Gasteiger partial charge is 0.00696 e. The third-order valence-electron chi connectivity index (χ3n) is 2.58. The lowest BCUT2D eigenvalue weighted by molar-refractivity contribution is 0.935. The summed E-state index contributed by atoms with van der Waals surface area (Å²) in [4.78, 5) is 0. The molecule has 0 heterocycles. The van der Waals surface area contributed by atoms with Crippen LogP contribution < -0.4 is 0 Å². The van der Waals surface area contributed by atoms with Gasteiger partial charge < -0.3 is 0 Å². The van der Waals surface area contributed by atoms with Gasteiger partial charge in [-0.15, -0.1) is 0 Å². The standard InChI is InChI=1S/C17H22/c1-4-6-7-12-16(10-5-2)17-13-9-8-11-15(3)14-17/h4,6-15H,5H2,1-3H3/b6-4-,12-7-,16-10+. The normalized spacial score (nSPS) is 21.2. The summed E-state index contributed by atoms with van der Waals surface area (Å²) < 4.78 is 0. The lowest BCUT2D eigenvalue weighted by Crippen LogP contribution is -1.88. The maximum Gasteiger partial charge on any atom is -0.00696 e. The van der Waals surface area contributed by atoms with Crippen LogP contribution in [0.5, 0.6) is 0 Å². The van der Waals surface area contributed by atoms with Gasteiger partial charge in [0.25, 0.3) is 0 Å². The summed E-state index contributed by atoms with van der Waals surface area (Å²) in [7, 11) is 0. The Morgan fingerprint density at radius 2 is 2.12 bits per heavy atom. The van der Waals surface area contributed by atoms with Crippen molar-refractivity contribution in [2.75, 3.05) is 0 Å². The van der Waals surface area contributed by atoms with Crippen LogP contribution in [0.1, 0.15) is 27.2 Å². The summed E-state index contributed by atoms with van der Waals surface area (Å²) in [5.41, 5.74) is 2.61. The first-order valence-electron chi connectivity index (χ1n) is 6.34. The minimum atomic E-state index is 0.496. The molecule has 1 rings (SSSR count). The van der Waals surface area contributed by atoms with Gasteiger partial charge in [-0.2, -0.15) is 0 Å². The molecule has 1 unspecified atom stereocenters. The molecule has 0 saturated carbocycles. The Kier molecular flexibility index (Phi) is 6.09. The molecule has 1 atom stereocenters. The highest BCUT2D eigenvalue weighted by Crippen LogP contribution is 2.20. The van der Waals surface area contributed by atoms with Crippen molar-refractivity contribution in [2.24, 2.45) is 5.92 Å². The fourth-order valence-corrected chi connectivity index (χ4v) is 1.76. The van der Waals surface area contributed by atoms with Gasteiger partial charge in [-0.05, 0) is 30.4 Å². The molecule has 0 saturated heterocycles. The minimum absolute atomic E-state index is 0.496. The highest BCUT2D eigenvalue weighted by Gasteiger charge is 2.02. The average molecular weight is 226 g/mol. The van der Waals surface area contributed by atoms with Crippen molar-refractivity contribution in [1.29, 1.82) is 0 Å². The fourth-order valence-electron chi connectivity index (χ4n) is 1.76. The van der Waals surface area contributed by atoms with Crippen LogP contribution in [-0.4, -0.2) is 0 Å². The Balaban J connectivity index is 2.95. The summed E-state index contributed by atoms with van der Waals surface area (Å²) in [6.07, 6.45) is 22.6. The molecule has 0 radical (unpaired) electrons. The Labute approximate surface area is 105 Å². The molecule has 1 aliphatic carbocycles. The number of hydrogen-bond donors (Lipinski definition) is 0. The number of hydrogen-bond acceptors (Lipinski definition) is 0. The molecule has 0 heteroatoms. The first-order valence-corrected chi connectivity index (χ1v) is 6.34. The topological polar surface area (TPSA) is 0 Å². The van der Waals surface area contributed by atoms with E-state index in [2.05, 4.69) is 68.5 Å². The van der Waals surface area contributed by atoms with E-state index in [1.54, 1.807) is 0 Å². The second kappa shape index (κ2) is 7.67. The Hall–Kier alpha value is -1.56. The van der Waals surface area contributed by atoms with Crippen LogP contribution in [0.15, 0.2) is 71.9 Å². The maximum absolute atomic E-state index is 2.31. The lowest BCUT2D eigenvalue weighted by atomic mass is 10.00. The zero-order valence-corrected chi connectivity index (χ0v) is 11.1. The monoisotopic (exact) mass is 226 g/mol. The van der Waals surface area contributed by atoms with Crippen LogP contribution in [0.3, 0.4) is 0 Å². The molecule has 0 aliphatic heterocycles. The van der Waals surface area contributed by atoms with Crippen molar-refractivity contribution >= 4 is 0 Å². The molecule has 0 aromatic heterocycles. The second-order valence-corrected chi connectivity index (χ2v) is 4.18. The molecule has 0 N–H and O–H groups in total. The van der Waals surface area contributed by atoms with Gasteiger partial charge in [0.1, 0.15) is 0 Å². The molecular formula is C17H22. The summed E-state index contributed by atoms with van der Waals surface area (Å²) in [5.74, 6) is 0.496. The highest BCUT2D eigenvalue weighted by atomic mass is 14.1. The van der Waals surface area contributed by atoms with Crippen LogP contribution in [0.2, 0.25) is 0 Å². The van der Waals surface area contributed by atoms with Crippen molar-refractivity contribution < 1.29 is 0 Å². The summed E-state index contributed by atoms with van der Waals surface area (Å²) in [6, 6.07) is 0. The van der Waals surface area contributed by atoms with Crippen LogP contribution >= 0.6 is 0 Å². The molecule has 0 spiro atoms. The van der Waals surface area contributed by atoms with Gasteiger partial charge in [0.05, 0.1) is 0 Å². The van der Waals surface area contributed by atoms with E-state index in [1.165, 1.54) is 11.1 Å². The van der Waals surface area contributed by atoms with E-state index in [4.69, 9.17) is 0 Å². The first kappa shape index (κ1) is 13.5. The first-order chi connectivity index (χ1) is 8.27. The van der Waals surface area contributed by atoms with Crippen LogP contribution in [0.4, 0.5) is 0 Å². The average Bonchev–Trinajstić information content (AvgIpc) is 2.53. The zero-order chi connectivity index (χ0) is 12.5. The van der Waals surface area contributed by atoms with Crippen molar-refractivity contribution in [3.63, 3.8) is 0 Å². The van der Waals surface area contributed by atoms with Crippen LogP contribution in [-0.2, 0) is 0 Å². The summed E-state index contributed by atoms with van der Waals surface area (Å²) >= 11 is 0. The van der Waals surface area contributed by atoms with Crippen molar-refractivity contribution in [3.05, 3.63) is 71.9 Å². The highest BCUT2D eigenvalue weighted by molar-refractivity contribution is 5.49. The molecule has 90 valence electrons. The minimum Gasteiger partial charge on any atom is -0.0877 e. The lowest BCUT2D eigenvalue weighted by Gasteiger charge is -2.05. The quantitative estimate of drug-likeness (QED) is 0.582. The summed E-state index contributed by atoms with van der Waals surface area (Å²) in [6.45, 7) is 6.42. The van der Waals surface area contributed by atoms with Crippen molar-refractivity contribution in [1.82, 2.24) is 0 Å². The van der Waals surface area contributed by atoms with Gasteiger partial charge in [-0.3, -0.25) is 0 Å². The predicted molar refractivity (Wildman–Crippen MR) is 77.9 cm³/mol. The Morgan fingerprint density at radius 1 is 1.29 bits per heavy atom. The molecule has 17 heavy (non-hydrogen) atoms. The van der Waals surface area contributed by atoms with E-state index in [1.807, 2.05) is 13.0 Å². The van der Waals surface area contributed by atoms with Gasteiger partial charge in [-0.1, -0.05) is 74.6 Å². The molecule has 0 nitrogen and oxygen atoms in total. The van der Waals surface area contributed by atoms with Gasteiger partial charge in [0.15, 0.2) is 0 Å². The van der Waals surface area contributed by atoms with Gasteiger partial charge in [0, 0.05) is 0 Å². The Bertz CT molecular complexity index is 398. The van der Waals surface area contributed by atoms with E-state index in [-0.39, 0.29) is 0 Å². The second-order valence-electron chi connectivity index (χ2n) is 4.18. The molecule has 0 amide bonds. The molecule has 1 aliphatic rings. The molecular weight excluding hydrogens is 204 g/mol. The third-order valence-corrected chi connectivity index (χ3v) is 2.58. The van der Waals surface area contributed by atoms with E-state index >= 15 is 0 Å². The SMILES string of the molecule is C\C=C/C=C\C(=C/CC)C1=CC(C)C=CC=C1. The zero-order valence-electron chi connectivity index (χ0n) is 11.1. The molecule has 0 bridgehead atoms. The Morgan fingerprint density at radius 3 is 2.82 bits per heavy atom. The van der Waals surface area contributed by atoms with E-state index in [9.17, 15) is 0 Å². The number of rotatable bonds is 4. The van der Waals surface area contributed by atoms with Gasteiger partial charge in [0.2, 0.25) is 0 Å².